The average Bonchev–Trinajstić information content (AvgIpc) is 2.93. The van der Waals surface area contributed by atoms with Gasteiger partial charge in [-0.2, -0.15) is 0 Å². The van der Waals surface area contributed by atoms with Gasteiger partial charge in [-0.25, -0.2) is 0 Å². The van der Waals surface area contributed by atoms with Crippen molar-refractivity contribution in [2.75, 3.05) is 0 Å². The molecule has 0 heterocycles. The van der Waals surface area contributed by atoms with Gasteiger partial charge in [0.25, 0.3) is 0 Å². The van der Waals surface area contributed by atoms with E-state index in [9.17, 15) is 9.59 Å². The molecule has 0 aliphatic heterocycles. The maximum atomic E-state index is 12.5. The van der Waals surface area contributed by atoms with Crippen LogP contribution in [0.15, 0.2) is 12.2 Å². The monoisotopic (exact) mass is 565 g/mol. The molecule has 0 aliphatic rings. The first-order valence-corrected chi connectivity index (χ1v) is 17.7. The number of carbonyl (C=O) groups excluding carboxylic acids is 1. The molecule has 0 rings (SSSR count). The molecule has 0 amide bonds. The summed E-state index contributed by atoms with van der Waals surface area (Å²) in [6.45, 7) is 4.51. The van der Waals surface area contributed by atoms with Crippen molar-refractivity contribution in [3.63, 3.8) is 0 Å². The number of carbonyl (C=O) groups is 2. The molecular weight excluding hydrogens is 496 g/mol. The average molecular weight is 565 g/mol. The molecule has 0 spiro atoms. The largest absolute Gasteiger partial charge is 0.481 e. The van der Waals surface area contributed by atoms with Crippen LogP contribution in [0.3, 0.4) is 0 Å². The summed E-state index contributed by atoms with van der Waals surface area (Å²) in [7, 11) is 0. The van der Waals surface area contributed by atoms with Crippen molar-refractivity contribution in [3.8, 4) is 0 Å². The molecule has 1 unspecified atom stereocenters. The molecular formula is C36H68O4. The van der Waals surface area contributed by atoms with E-state index in [0.29, 0.717) is 12.8 Å². The number of rotatable bonds is 32. The minimum Gasteiger partial charge on any atom is -0.481 e. The Morgan fingerprint density at radius 1 is 0.525 bits per heavy atom. The maximum absolute atomic E-state index is 12.5. The zero-order chi connectivity index (χ0) is 29.4. The van der Waals surface area contributed by atoms with Crippen molar-refractivity contribution in [1.29, 1.82) is 0 Å². The number of carboxylic acids is 1. The van der Waals surface area contributed by atoms with Crippen LogP contribution in [0, 0.1) is 0 Å². The van der Waals surface area contributed by atoms with Crippen LogP contribution in [0.1, 0.15) is 200 Å². The summed E-state index contributed by atoms with van der Waals surface area (Å²) in [6.07, 6.45) is 38.0. The van der Waals surface area contributed by atoms with Gasteiger partial charge in [0.15, 0.2) is 0 Å². The van der Waals surface area contributed by atoms with E-state index >= 15 is 0 Å². The number of hydrogen-bond donors (Lipinski definition) is 1. The number of unbranched alkanes of at least 4 members (excludes halogenated alkanes) is 21. The third-order valence-electron chi connectivity index (χ3n) is 7.99. The van der Waals surface area contributed by atoms with Crippen molar-refractivity contribution in [2.45, 2.75) is 206 Å². The fourth-order valence-electron chi connectivity index (χ4n) is 5.35. The number of carboxylic acid groups (broad SMARTS) is 1. The predicted molar refractivity (Wildman–Crippen MR) is 172 cm³/mol. The van der Waals surface area contributed by atoms with E-state index in [1.165, 1.54) is 116 Å². The normalized spacial score (nSPS) is 12.2. The Bertz CT molecular complexity index is 571. The third kappa shape index (κ3) is 31.2. The molecule has 0 aromatic rings. The first-order valence-electron chi connectivity index (χ1n) is 17.7. The highest BCUT2D eigenvalue weighted by molar-refractivity contribution is 5.69. The van der Waals surface area contributed by atoms with Crippen LogP contribution in [-0.4, -0.2) is 23.1 Å². The second-order valence-electron chi connectivity index (χ2n) is 12.1. The van der Waals surface area contributed by atoms with Gasteiger partial charge in [-0.1, -0.05) is 135 Å². The Hall–Kier alpha value is -1.32. The molecule has 0 aliphatic carbocycles. The van der Waals surface area contributed by atoms with Gasteiger partial charge in [0, 0.05) is 12.8 Å². The molecule has 40 heavy (non-hydrogen) atoms. The van der Waals surface area contributed by atoms with Crippen molar-refractivity contribution < 1.29 is 19.4 Å². The zero-order valence-corrected chi connectivity index (χ0v) is 26.9. The molecule has 4 heteroatoms. The number of hydrogen-bond acceptors (Lipinski definition) is 3. The van der Waals surface area contributed by atoms with Crippen molar-refractivity contribution in [2.24, 2.45) is 0 Å². The molecule has 0 saturated carbocycles. The molecule has 0 fully saturated rings. The number of esters is 1. The van der Waals surface area contributed by atoms with Gasteiger partial charge in [0.2, 0.25) is 0 Å². The highest BCUT2D eigenvalue weighted by Crippen LogP contribution is 2.18. The fourth-order valence-corrected chi connectivity index (χ4v) is 5.35. The minimum atomic E-state index is -0.687. The molecule has 1 N–H and O–H groups in total. The molecule has 0 saturated heterocycles. The lowest BCUT2D eigenvalue weighted by Gasteiger charge is -2.18. The lowest BCUT2D eigenvalue weighted by Crippen LogP contribution is -2.18. The smallest absolute Gasteiger partial charge is 0.306 e. The quantitative estimate of drug-likeness (QED) is 0.0501. The van der Waals surface area contributed by atoms with Gasteiger partial charge in [-0.3, -0.25) is 9.59 Å². The zero-order valence-electron chi connectivity index (χ0n) is 26.9. The Balaban J connectivity index is 3.89. The first kappa shape index (κ1) is 38.7. The second-order valence-corrected chi connectivity index (χ2v) is 12.1. The molecule has 4 nitrogen and oxygen atoms in total. The Morgan fingerprint density at radius 2 is 0.900 bits per heavy atom. The van der Waals surface area contributed by atoms with Crippen molar-refractivity contribution in [1.82, 2.24) is 0 Å². The maximum Gasteiger partial charge on any atom is 0.306 e. The predicted octanol–water partition coefficient (Wildman–Crippen LogP) is 11.9. The SMILES string of the molecule is CCCCCCCC/C=C\CCCCCCCC(=O)OC(CCCCCCC)CCCCCCCCCC(=O)O. The Morgan fingerprint density at radius 3 is 1.35 bits per heavy atom. The van der Waals surface area contributed by atoms with Gasteiger partial charge >= 0.3 is 11.9 Å². The molecule has 0 aromatic carbocycles. The Kier molecular flexibility index (Phi) is 31.1. The summed E-state index contributed by atoms with van der Waals surface area (Å²) in [5.41, 5.74) is 0. The Labute approximate surface area is 249 Å². The lowest BCUT2D eigenvalue weighted by atomic mass is 10.0. The van der Waals surface area contributed by atoms with Gasteiger partial charge in [0.1, 0.15) is 6.10 Å². The van der Waals surface area contributed by atoms with Gasteiger partial charge < -0.3 is 9.84 Å². The number of ether oxygens (including phenoxy) is 1. The van der Waals surface area contributed by atoms with E-state index in [0.717, 1.165) is 57.8 Å². The van der Waals surface area contributed by atoms with Crippen LogP contribution in [0.4, 0.5) is 0 Å². The summed E-state index contributed by atoms with van der Waals surface area (Å²) in [4.78, 5) is 23.1. The highest BCUT2D eigenvalue weighted by atomic mass is 16.5. The topological polar surface area (TPSA) is 63.6 Å². The standard InChI is InChI=1S/C36H68O4/c1-3-5-7-9-10-11-12-13-14-15-16-17-21-25-29-33-36(39)40-34(30-26-22-8-6-4-2)31-27-23-19-18-20-24-28-32-35(37)38/h13-14,34H,3-12,15-33H2,1-2H3,(H,37,38)/b14-13-. The van der Waals surface area contributed by atoms with E-state index in [2.05, 4.69) is 26.0 Å². The van der Waals surface area contributed by atoms with E-state index in [1.54, 1.807) is 0 Å². The number of allylic oxidation sites excluding steroid dienone is 2. The molecule has 236 valence electrons. The molecule has 0 bridgehead atoms. The van der Waals surface area contributed by atoms with E-state index in [-0.39, 0.29) is 12.1 Å². The first-order chi connectivity index (χ1) is 19.6. The van der Waals surface area contributed by atoms with Crippen LogP contribution in [0.25, 0.3) is 0 Å². The summed E-state index contributed by atoms with van der Waals surface area (Å²) in [6, 6.07) is 0. The summed E-state index contributed by atoms with van der Waals surface area (Å²) >= 11 is 0. The minimum absolute atomic E-state index is 0.00890. The molecule has 0 aromatic heterocycles. The highest BCUT2D eigenvalue weighted by Gasteiger charge is 2.14. The lowest BCUT2D eigenvalue weighted by molar-refractivity contribution is -0.150. The summed E-state index contributed by atoms with van der Waals surface area (Å²) in [5, 5.41) is 8.72. The summed E-state index contributed by atoms with van der Waals surface area (Å²) < 4.78 is 5.95. The van der Waals surface area contributed by atoms with E-state index in [4.69, 9.17) is 9.84 Å². The van der Waals surface area contributed by atoms with Crippen LogP contribution < -0.4 is 0 Å². The van der Waals surface area contributed by atoms with Crippen LogP contribution >= 0.6 is 0 Å². The molecule has 0 radical (unpaired) electrons. The molecule has 1 atom stereocenters. The van der Waals surface area contributed by atoms with E-state index in [1.807, 2.05) is 0 Å². The van der Waals surface area contributed by atoms with Crippen LogP contribution in [0.2, 0.25) is 0 Å². The van der Waals surface area contributed by atoms with Gasteiger partial charge in [-0.15, -0.1) is 0 Å². The number of aliphatic carboxylic acids is 1. The fraction of sp³-hybridized carbons (Fsp3) is 0.889. The van der Waals surface area contributed by atoms with Crippen molar-refractivity contribution >= 4 is 11.9 Å². The van der Waals surface area contributed by atoms with E-state index < -0.39 is 5.97 Å². The summed E-state index contributed by atoms with van der Waals surface area (Å²) in [5.74, 6) is -0.679. The van der Waals surface area contributed by atoms with Crippen LogP contribution in [-0.2, 0) is 14.3 Å². The van der Waals surface area contributed by atoms with Crippen LogP contribution in [0.5, 0.6) is 0 Å². The van der Waals surface area contributed by atoms with Gasteiger partial charge in [-0.05, 0) is 64.2 Å². The third-order valence-corrected chi connectivity index (χ3v) is 7.99. The second kappa shape index (κ2) is 32.2. The van der Waals surface area contributed by atoms with Gasteiger partial charge in [0.05, 0.1) is 0 Å². The van der Waals surface area contributed by atoms with Crippen molar-refractivity contribution in [3.05, 3.63) is 12.2 Å².